The van der Waals surface area contributed by atoms with Gasteiger partial charge in [0.25, 0.3) is 0 Å². The summed E-state index contributed by atoms with van der Waals surface area (Å²) in [5, 5.41) is 3.73. The minimum atomic E-state index is -0.146. The van der Waals surface area contributed by atoms with Gasteiger partial charge in [0, 0.05) is 50.6 Å². The average Bonchev–Trinajstić information content (AvgIpc) is 3.20. The van der Waals surface area contributed by atoms with Crippen LogP contribution in [-0.4, -0.2) is 84.9 Å². The second-order valence-electron chi connectivity index (χ2n) is 10.00. The Balaban J connectivity index is 1.32. The molecule has 2 fully saturated rings. The maximum absolute atomic E-state index is 13.4. The number of fused-ring (bicyclic) bond motifs is 1. The minimum Gasteiger partial charge on any atom is -0.340 e. The van der Waals surface area contributed by atoms with Gasteiger partial charge in [-0.25, -0.2) is 4.98 Å². The summed E-state index contributed by atoms with van der Waals surface area (Å²) in [5.41, 5.74) is 0.925. The number of rotatable bonds is 7. The molecular weight excluding hydrogens is 422 g/mol. The van der Waals surface area contributed by atoms with E-state index in [9.17, 15) is 9.59 Å². The Morgan fingerprint density at radius 3 is 2.53 bits per heavy atom. The van der Waals surface area contributed by atoms with Crippen molar-refractivity contribution in [3.8, 4) is 0 Å². The number of thiazole rings is 1. The van der Waals surface area contributed by atoms with E-state index in [1.807, 2.05) is 4.90 Å². The number of aryl methyl sites for hydroxylation is 1. The molecule has 0 radical (unpaired) electrons. The average molecular weight is 462 g/mol. The molecule has 0 bridgehead atoms. The van der Waals surface area contributed by atoms with Crippen molar-refractivity contribution in [3.63, 3.8) is 0 Å². The van der Waals surface area contributed by atoms with E-state index in [2.05, 4.69) is 29.2 Å². The molecule has 8 heteroatoms. The molecule has 4 rings (SSSR count). The molecule has 1 saturated heterocycles. The molecule has 7 nitrogen and oxygen atoms in total. The zero-order chi connectivity index (χ0) is 22.5. The number of amides is 2. The molecule has 0 spiro atoms. The summed E-state index contributed by atoms with van der Waals surface area (Å²) in [7, 11) is 4.20. The molecule has 1 unspecified atom stereocenters. The van der Waals surface area contributed by atoms with Crippen LogP contribution in [0.4, 0.5) is 5.13 Å². The van der Waals surface area contributed by atoms with E-state index in [0.29, 0.717) is 17.5 Å². The third-order valence-corrected chi connectivity index (χ3v) is 8.29. The van der Waals surface area contributed by atoms with Gasteiger partial charge < -0.3 is 15.1 Å². The third-order valence-electron chi connectivity index (χ3n) is 7.24. The van der Waals surface area contributed by atoms with Crippen LogP contribution in [0.2, 0.25) is 0 Å². The normalized spacial score (nSPS) is 22.7. The molecule has 178 valence electrons. The second-order valence-corrected chi connectivity index (χ2v) is 11.1. The lowest BCUT2D eigenvalue weighted by Crippen LogP contribution is -2.51. The molecule has 2 aliphatic carbocycles. The lowest BCUT2D eigenvalue weighted by molar-refractivity contribution is -0.135. The molecule has 1 aliphatic heterocycles. The van der Waals surface area contributed by atoms with Crippen LogP contribution in [-0.2, 0) is 16.0 Å². The van der Waals surface area contributed by atoms with E-state index in [4.69, 9.17) is 4.98 Å². The van der Waals surface area contributed by atoms with Gasteiger partial charge in [-0.1, -0.05) is 19.3 Å². The highest BCUT2D eigenvalue weighted by Crippen LogP contribution is 2.38. The van der Waals surface area contributed by atoms with Crippen molar-refractivity contribution in [1.82, 2.24) is 19.7 Å². The maximum Gasteiger partial charge on any atom is 0.231 e. The van der Waals surface area contributed by atoms with Gasteiger partial charge in [-0.3, -0.25) is 14.5 Å². The lowest BCUT2D eigenvalue weighted by atomic mass is 9.87. The van der Waals surface area contributed by atoms with Crippen LogP contribution in [0, 0.1) is 5.92 Å². The van der Waals surface area contributed by atoms with Gasteiger partial charge in [0.2, 0.25) is 11.8 Å². The zero-order valence-corrected chi connectivity index (χ0v) is 20.6. The number of anilines is 1. The van der Waals surface area contributed by atoms with Gasteiger partial charge in [0.1, 0.15) is 0 Å². The molecule has 1 aromatic heterocycles. The molecule has 3 aliphatic rings. The quantitative estimate of drug-likeness (QED) is 0.675. The highest BCUT2D eigenvalue weighted by molar-refractivity contribution is 7.15. The van der Waals surface area contributed by atoms with Crippen molar-refractivity contribution < 1.29 is 9.59 Å². The first-order chi connectivity index (χ1) is 15.5. The summed E-state index contributed by atoms with van der Waals surface area (Å²) < 4.78 is 0. The first-order valence-electron chi connectivity index (χ1n) is 12.4. The van der Waals surface area contributed by atoms with Gasteiger partial charge in [-0.15, -0.1) is 11.3 Å². The van der Waals surface area contributed by atoms with E-state index in [-0.39, 0.29) is 17.7 Å². The van der Waals surface area contributed by atoms with E-state index in [1.54, 1.807) is 11.3 Å². The summed E-state index contributed by atoms with van der Waals surface area (Å²) in [6, 6.07) is 0. The number of carbonyl (C=O) groups is 2. The van der Waals surface area contributed by atoms with Crippen molar-refractivity contribution in [2.75, 3.05) is 58.7 Å². The number of carbonyl (C=O) groups excluding carboxylic acids is 2. The van der Waals surface area contributed by atoms with Crippen molar-refractivity contribution in [2.24, 2.45) is 5.92 Å². The fourth-order valence-corrected chi connectivity index (χ4v) is 6.37. The molecule has 32 heavy (non-hydrogen) atoms. The van der Waals surface area contributed by atoms with Crippen LogP contribution in [0.5, 0.6) is 0 Å². The SMILES string of the molecule is CN(C)CCN1CCN(C(=O)C2CCCc3sc(NC(=O)CC4CCCCC4)nc32)CC1. The Kier molecular flexibility index (Phi) is 8.18. The standard InChI is InChI=1S/C24H39N5O2S/c1-27(2)11-12-28-13-15-29(16-14-28)23(31)19-9-6-10-20-22(19)26-24(32-20)25-21(30)17-18-7-4-3-5-8-18/h18-19H,3-17H2,1-2H3,(H,25,26,30). The van der Waals surface area contributed by atoms with E-state index in [0.717, 1.165) is 64.2 Å². The summed E-state index contributed by atoms with van der Waals surface area (Å²) in [4.78, 5) is 38.6. The van der Waals surface area contributed by atoms with E-state index < -0.39 is 0 Å². The number of likely N-dealkylation sites (N-methyl/N-ethyl adjacent to an activating group) is 1. The number of hydrogen-bond donors (Lipinski definition) is 1. The Bertz CT molecular complexity index is 781. The number of nitrogens with one attached hydrogen (secondary N) is 1. The Morgan fingerprint density at radius 1 is 1.06 bits per heavy atom. The summed E-state index contributed by atoms with van der Waals surface area (Å²) in [5.74, 6) is 0.680. The molecule has 0 aromatic carbocycles. The van der Waals surface area contributed by atoms with Crippen molar-refractivity contribution in [1.29, 1.82) is 0 Å². The Labute approximate surface area is 196 Å². The lowest BCUT2D eigenvalue weighted by Gasteiger charge is -2.37. The monoisotopic (exact) mass is 461 g/mol. The molecule has 2 amide bonds. The zero-order valence-electron chi connectivity index (χ0n) is 19.8. The summed E-state index contributed by atoms with van der Waals surface area (Å²) >= 11 is 1.58. The van der Waals surface area contributed by atoms with Crippen LogP contribution in [0.1, 0.15) is 67.9 Å². The van der Waals surface area contributed by atoms with Crippen LogP contribution in [0.15, 0.2) is 0 Å². The van der Waals surface area contributed by atoms with Crippen LogP contribution >= 0.6 is 11.3 Å². The topological polar surface area (TPSA) is 68.8 Å². The van der Waals surface area contributed by atoms with Gasteiger partial charge in [-0.2, -0.15) is 0 Å². The number of hydrogen-bond acceptors (Lipinski definition) is 6. The molecule has 1 aromatic rings. The minimum absolute atomic E-state index is 0.0831. The van der Waals surface area contributed by atoms with Crippen molar-refractivity contribution in [3.05, 3.63) is 10.6 Å². The Morgan fingerprint density at radius 2 is 1.81 bits per heavy atom. The fraction of sp³-hybridized carbons (Fsp3) is 0.792. The second kappa shape index (κ2) is 11.1. The van der Waals surface area contributed by atoms with Crippen LogP contribution in [0.3, 0.4) is 0 Å². The van der Waals surface area contributed by atoms with Crippen LogP contribution in [0.25, 0.3) is 0 Å². The maximum atomic E-state index is 13.4. The Hall–Kier alpha value is -1.51. The summed E-state index contributed by atoms with van der Waals surface area (Å²) in [6.45, 7) is 5.59. The van der Waals surface area contributed by atoms with Gasteiger partial charge in [0.15, 0.2) is 5.13 Å². The smallest absolute Gasteiger partial charge is 0.231 e. The fourth-order valence-electron chi connectivity index (χ4n) is 5.29. The third kappa shape index (κ3) is 6.08. The number of nitrogens with zero attached hydrogens (tertiary/aromatic N) is 4. The van der Waals surface area contributed by atoms with Gasteiger partial charge >= 0.3 is 0 Å². The van der Waals surface area contributed by atoms with E-state index >= 15 is 0 Å². The van der Waals surface area contributed by atoms with Gasteiger partial charge in [0.05, 0.1) is 11.6 Å². The number of piperazine rings is 1. The highest BCUT2D eigenvalue weighted by Gasteiger charge is 2.34. The molecular formula is C24H39N5O2S. The van der Waals surface area contributed by atoms with E-state index in [1.165, 1.54) is 37.0 Å². The predicted molar refractivity (Wildman–Crippen MR) is 129 cm³/mol. The van der Waals surface area contributed by atoms with Crippen molar-refractivity contribution >= 4 is 28.3 Å². The van der Waals surface area contributed by atoms with Crippen LogP contribution < -0.4 is 5.32 Å². The molecule has 1 N–H and O–H groups in total. The first-order valence-corrected chi connectivity index (χ1v) is 13.3. The van der Waals surface area contributed by atoms with Crippen molar-refractivity contribution in [2.45, 2.75) is 63.7 Å². The first kappa shape index (κ1) is 23.6. The predicted octanol–water partition coefficient (Wildman–Crippen LogP) is 3.18. The highest BCUT2D eigenvalue weighted by atomic mass is 32.1. The van der Waals surface area contributed by atoms with Gasteiger partial charge in [-0.05, 0) is 52.1 Å². The number of aromatic nitrogens is 1. The summed E-state index contributed by atoms with van der Waals surface area (Å²) in [6.07, 6.45) is 9.59. The molecule has 2 heterocycles. The largest absolute Gasteiger partial charge is 0.340 e. The molecule has 1 atom stereocenters. The molecule has 1 saturated carbocycles.